The third-order valence-electron chi connectivity index (χ3n) is 5.52. The highest BCUT2D eigenvalue weighted by Crippen LogP contribution is 2.46. The smallest absolute Gasteiger partial charge is 0.270 e. The number of anilines is 1. The minimum atomic E-state index is -1.42. The summed E-state index contributed by atoms with van der Waals surface area (Å²) < 4.78 is 16.7. The van der Waals surface area contributed by atoms with E-state index in [1.165, 1.54) is 0 Å². The number of hydrogen-bond donors (Lipinski definition) is 3. The van der Waals surface area contributed by atoms with E-state index in [4.69, 9.17) is 5.10 Å². The van der Waals surface area contributed by atoms with Gasteiger partial charge >= 0.3 is 0 Å². The highest BCUT2D eigenvalue weighted by Gasteiger charge is 2.31. The lowest BCUT2D eigenvalue weighted by Gasteiger charge is -2.26. The second kappa shape index (κ2) is 9.30. The Balaban J connectivity index is 1.94. The van der Waals surface area contributed by atoms with Crippen molar-refractivity contribution < 1.29 is 19.2 Å². The summed E-state index contributed by atoms with van der Waals surface area (Å²) in [4.78, 5) is 12.9. The van der Waals surface area contributed by atoms with Gasteiger partial charge in [-0.15, -0.1) is 0 Å². The number of halogens is 1. The molecule has 1 aliphatic carbocycles. The fraction of sp³-hybridized carbons (Fsp3) is 0.364. The quantitative estimate of drug-likeness (QED) is 0.422. The molecule has 1 unspecified atom stereocenters. The number of carbonyl (C=O) groups excluding carboxylic acids is 1. The summed E-state index contributed by atoms with van der Waals surface area (Å²) in [5.74, 6) is 0.0387. The fourth-order valence-electron chi connectivity index (χ4n) is 3.77. The van der Waals surface area contributed by atoms with Crippen molar-refractivity contribution in [3.63, 3.8) is 0 Å². The highest BCUT2D eigenvalue weighted by molar-refractivity contribution is 9.10. The molecule has 0 saturated heterocycles. The summed E-state index contributed by atoms with van der Waals surface area (Å²) in [5.41, 5.74) is 3.43. The van der Waals surface area contributed by atoms with Crippen molar-refractivity contribution in [2.24, 2.45) is 0 Å². The number of benzene rings is 2. The summed E-state index contributed by atoms with van der Waals surface area (Å²) in [6, 6.07) is 11.3. The molecule has 3 N–H and O–H groups in total. The van der Waals surface area contributed by atoms with Crippen molar-refractivity contribution in [3.8, 4) is 5.69 Å². The molecule has 0 aliphatic heterocycles. The van der Waals surface area contributed by atoms with Crippen LogP contribution in [0.25, 0.3) is 16.6 Å². The number of nitrogens with one attached hydrogen (secondary N) is 1. The standard InChI is InChI=1S/C22H25BrN4O4S/c1-24-22(30)21-18-9-17(13-3-4-13)20(26(32(2)31)11-16(29)12-28)10-19(18)25-27(21)15-7-5-14(23)6-8-15/h5-10,13,16,28-29H,3-4,11-12H2,1-2H3,(H,24,30)/t16-,32?/m0/s1. The lowest BCUT2D eigenvalue weighted by Crippen LogP contribution is -2.35. The first-order valence-electron chi connectivity index (χ1n) is 10.3. The Bertz CT molecular complexity index is 1180. The molecule has 1 aromatic heterocycles. The topological polar surface area (TPSA) is 108 Å². The molecule has 0 spiro atoms. The SMILES string of the molecule is CNC(=O)c1c2cc(C3CC3)c(N(C[C@H](O)CO)S(C)=O)cc2nn1-c1ccc(Br)cc1. The fourth-order valence-corrected chi connectivity index (χ4v) is 4.85. The summed E-state index contributed by atoms with van der Waals surface area (Å²) in [6.45, 7) is -0.395. The third-order valence-corrected chi connectivity index (χ3v) is 7.01. The number of carbonyl (C=O) groups is 1. The van der Waals surface area contributed by atoms with Crippen LogP contribution in [0.1, 0.15) is 34.8 Å². The zero-order chi connectivity index (χ0) is 23.0. The van der Waals surface area contributed by atoms with Crippen LogP contribution in [0, 0.1) is 0 Å². The number of aliphatic hydroxyl groups is 2. The minimum absolute atomic E-state index is 0.0283. The van der Waals surface area contributed by atoms with Crippen molar-refractivity contribution in [2.75, 3.05) is 30.8 Å². The van der Waals surface area contributed by atoms with Crippen LogP contribution in [0.15, 0.2) is 40.9 Å². The van der Waals surface area contributed by atoms with Crippen LogP contribution in [-0.2, 0) is 11.0 Å². The van der Waals surface area contributed by atoms with Gasteiger partial charge in [-0.2, -0.15) is 5.10 Å². The first-order chi connectivity index (χ1) is 15.3. The lowest BCUT2D eigenvalue weighted by molar-refractivity contribution is 0.0957. The number of amides is 1. The number of rotatable bonds is 8. The maximum absolute atomic E-state index is 12.9. The van der Waals surface area contributed by atoms with Crippen LogP contribution in [0.4, 0.5) is 5.69 Å². The van der Waals surface area contributed by atoms with Crippen LogP contribution in [0.2, 0.25) is 0 Å². The van der Waals surface area contributed by atoms with E-state index in [0.717, 1.165) is 28.6 Å². The number of fused-ring (bicyclic) bond motifs is 1. The molecule has 1 amide bonds. The lowest BCUT2D eigenvalue weighted by atomic mass is 10.0. The minimum Gasteiger partial charge on any atom is -0.394 e. The first kappa shape index (κ1) is 22.9. The van der Waals surface area contributed by atoms with Gasteiger partial charge in [-0.05, 0) is 60.7 Å². The molecule has 1 saturated carbocycles. The maximum Gasteiger partial charge on any atom is 0.270 e. The van der Waals surface area contributed by atoms with Crippen LogP contribution in [0.3, 0.4) is 0 Å². The van der Waals surface area contributed by atoms with E-state index < -0.39 is 23.7 Å². The average Bonchev–Trinajstić information content (AvgIpc) is 3.56. The Morgan fingerprint density at radius 3 is 2.59 bits per heavy atom. The maximum atomic E-state index is 12.9. The Kier molecular flexibility index (Phi) is 6.66. The zero-order valence-electron chi connectivity index (χ0n) is 17.8. The van der Waals surface area contributed by atoms with Gasteiger partial charge in [0.1, 0.15) is 16.7 Å². The Hall–Kier alpha value is -2.27. The Morgan fingerprint density at radius 2 is 2.03 bits per heavy atom. The summed E-state index contributed by atoms with van der Waals surface area (Å²) in [6.07, 6.45) is 2.52. The van der Waals surface area contributed by atoms with E-state index in [1.807, 2.05) is 36.4 Å². The molecule has 2 atom stereocenters. The summed E-state index contributed by atoms with van der Waals surface area (Å²) in [5, 5.41) is 27.5. The van der Waals surface area contributed by atoms with Gasteiger partial charge in [-0.1, -0.05) is 15.9 Å². The third kappa shape index (κ3) is 4.45. The molecule has 2 aromatic carbocycles. The Morgan fingerprint density at radius 1 is 1.34 bits per heavy atom. The molecular formula is C22H25BrN4O4S. The van der Waals surface area contributed by atoms with Gasteiger partial charge in [0, 0.05) is 23.2 Å². The summed E-state index contributed by atoms with van der Waals surface area (Å²) in [7, 11) is 0.162. The number of aliphatic hydroxyl groups excluding tert-OH is 2. The molecule has 170 valence electrons. The Labute approximate surface area is 196 Å². The molecular weight excluding hydrogens is 496 g/mol. The molecule has 1 heterocycles. The largest absolute Gasteiger partial charge is 0.394 e. The van der Waals surface area contributed by atoms with Gasteiger partial charge in [0.25, 0.3) is 5.91 Å². The van der Waals surface area contributed by atoms with Crippen LogP contribution < -0.4 is 9.62 Å². The summed E-state index contributed by atoms with van der Waals surface area (Å²) >= 11 is 3.43. The molecule has 1 fully saturated rings. The van der Waals surface area contributed by atoms with Crippen LogP contribution in [0.5, 0.6) is 0 Å². The number of nitrogens with zero attached hydrogens (tertiary/aromatic N) is 3. The predicted molar refractivity (Wildman–Crippen MR) is 129 cm³/mol. The van der Waals surface area contributed by atoms with Crippen molar-refractivity contribution in [3.05, 3.63) is 52.1 Å². The van der Waals surface area contributed by atoms with E-state index in [9.17, 15) is 19.2 Å². The van der Waals surface area contributed by atoms with Crippen molar-refractivity contribution >= 4 is 49.4 Å². The van der Waals surface area contributed by atoms with Gasteiger partial charge < -0.3 is 15.5 Å². The molecule has 1 aliphatic rings. The molecule has 32 heavy (non-hydrogen) atoms. The predicted octanol–water partition coefficient (Wildman–Crippen LogP) is 2.48. The van der Waals surface area contributed by atoms with E-state index in [1.54, 1.807) is 22.3 Å². The molecule has 0 bridgehead atoms. The van der Waals surface area contributed by atoms with E-state index in [0.29, 0.717) is 28.2 Å². The highest BCUT2D eigenvalue weighted by atomic mass is 79.9. The monoisotopic (exact) mass is 520 g/mol. The van der Waals surface area contributed by atoms with Gasteiger partial charge in [0.15, 0.2) is 0 Å². The van der Waals surface area contributed by atoms with Gasteiger partial charge in [-0.3, -0.25) is 9.10 Å². The van der Waals surface area contributed by atoms with Gasteiger partial charge in [0.2, 0.25) is 0 Å². The molecule has 4 rings (SSSR count). The first-order valence-corrected chi connectivity index (χ1v) is 12.6. The second-order valence-corrected chi connectivity index (χ2v) is 10.0. The van der Waals surface area contributed by atoms with Crippen molar-refractivity contribution in [2.45, 2.75) is 24.9 Å². The van der Waals surface area contributed by atoms with Gasteiger partial charge in [-0.25, -0.2) is 8.89 Å². The van der Waals surface area contributed by atoms with E-state index in [-0.39, 0.29) is 12.5 Å². The molecule has 8 nitrogen and oxygen atoms in total. The second-order valence-electron chi connectivity index (χ2n) is 7.84. The van der Waals surface area contributed by atoms with Crippen LogP contribution in [-0.4, -0.2) is 62.7 Å². The molecule has 10 heteroatoms. The van der Waals surface area contributed by atoms with E-state index >= 15 is 0 Å². The van der Waals surface area contributed by atoms with E-state index in [2.05, 4.69) is 21.2 Å². The zero-order valence-corrected chi connectivity index (χ0v) is 20.2. The normalized spacial score (nSPS) is 15.5. The van der Waals surface area contributed by atoms with Crippen LogP contribution >= 0.6 is 15.9 Å². The van der Waals surface area contributed by atoms with Crippen molar-refractivity contribution in [1.29, 1.82) is 0 Å². The molecule has 0 radical (unpaired) electrons. The number of aromatic nitrogens is 2. The molecule has 3 aromatic rings. The van der Waals surface area contributed by atoms with Gasteiger partial charge in [0.05, 0.1) is 36.1 Å². The number of hydrogen-bond acceptors (Lipinski definition) is 5. The average molecular weight is 521 g/mol. The van der Waals surface area contributed by atoms with Crippen molar-refractivity contribution in [1.82, 2.24) is 15.1 Å².